The van der Waals surface area contributed by atoms with Crippen LogP contribution in [0.5, 0.6) is 0 Å². The van der Waals surface area contributed by atoms with Crippen molar-refractivity contribution in [1.29, 1.82) is 0 Å². The predicted octanol–water partition coefficient (Wildman–Crippen LogP) is 5.56. The molecule has 1 fully saturated rings. The molecule has 0 bridgehead atoms. The van der Waals surface area contributed by atoms with Crippen molar-refractivity contribution in [3.05, 3.63) is 89.7 Å². The average molecular weight is 421 g/mol. The number of anilines is 3. The number of urea groups is 1. The van der Waals surface area contributed by atoms with E-state index in [-0.39, 0.29) is 23.1 Å². The predicted molar refractivity (Wildman–Crippen MR) is 119 cm³/mol. The second-order valence-electron chi connectivity index (χ2n) is 6.92. The van der Waals surface area contributed by atoms with Gasteiger partial charge in [-0.15, -0.1) is 11.8 Å². The van der Waals surface area contributed by atoms with E-state index in [0.717, 1.165) is 16.8 Å². The van der Waals surface area contributed by atoms with Crippen molar-refractivity contribution in [1.82, 2.24) is 0 Å². The Hall–Kier alpha value is -3.32. The number of nitrogens with one attached hydrogen (secondary N) is 2. The maximum atomic E-state index is 13.3. The average Bonchev–Trinajstić information content (AvgIpc) is 3.12. The molecule has 1 heterocycles. The highest BCUT2D eigenvalue weighted by atomic mass is 32.2. The molecule has 1 saturated heterocycles. The molecule has 2 N–H and O–H groups in total. The molecular weight excluding hydrogens is 401 g/mol. The summed E-state index contributed by atoms with van der Waals surface area (Å²) in [5.41, 5.74) is 3.86. The zero-order valence-corrected chi connectivity index (χ0v) is 17.1. The van der Waals surface area contributed by atoms with Crippen LogP contribution in [0.15, 0.2) is 72.8 Å². The number of carbonyl (C=O) groups excluding carboxylic acids is 2. The highest BCUT2D eigenvalue weighted by molar-refractivity contribution is 8.00. The number of nitrogens with zero attached hydrogens (tertiary/aromatic N) is 1. The van der Waals surface area contributed by atoms with Crippen LogP contribution in [0.3, 0.4) is 0 Å². The van der Waals surface area contributed by atoms with Crippen molar-refractivity contribution in [3.63, 3.8) is 0 Å². The zero-order valence-electron chi connectivity index (χ0n) is 16.3. The first kappa shape index (κ1) is 20.0. The molecule has 0 aliphatic carbocycles. The number of para-hydroxylation sites is 1. The number of rotatable bonds is 4. The van der Waals surface area contributed by atoms with E-state index in [1.165, 1.54) is 23.9 Å². The largest absolute Gasteiger partial charge is 0.323 e. The molecule has 4 rings (SSSR count). The third kappa shape index (κ3) is 4.31. The van der Waals surface area contributed by atoms with Crippen LogP contribution in [0.2, 0.25) is 0 Å². The van der Waals surface area contributed by atoms with Crippen molar-refractivity contribution in [2.24, 2.45) is 0 Å². The Morgan fingerprint density at radius 2 is 1.80 bits per heavy atom. The number of aryl methyl sites for hydroxylation is 1. The van der Waals surface area contributed by atoms with Gasteiger partial charge in [-0.2, -0.15) is 0 Å². The molecule has 0 radical (unpaired) electrons. The summed E-state index contributed by atoms with van der Waals surface area (Å²) in [4.78, 5) is 26.5. The lowest BCUT2D eigenvalue weighted by molar-refractivity contribution is -0.115. The van der Waals surface area contributed by atoms with Crippen molar-refractivity contribution in [3.8, 4) is 0 Å². The standard InChI is InChI=1S/C23H20FN3O2S/c1-15-5-2-3-8-20(15)26-23(29)25-18-7-4-6-16(13-18)22-27(21(28)14-30-22)19-11-9-17(24)10-12-19/h2-13,22H,14H2,1H3,(H2,25,26,29). The second-order valence-corrected chi connectivity index (χ2v) is 7.99. The van der Waals surface area contributed by atoms with E-state index in [9.17, 15) is 14.0 Å². The van der Waals surface area contributed by atoms with Gasteiger partial charge in [-0.1, -0.05) is 30.3 Å². The van der Waals surface area contributed by atoms with Crippen LogP contribution in [-0.4, -0.2) is 17.7 Å². The van der Waals surface area contributed by atoms with E-state index in [0.29, 0.717) is 17.1 Å². The summed E-state index contributed by atoms with van der Waals surface area (Å²) in [7, 11) is 0. The third-order valence-corrected chi connectivity index (χ3v) is 6.01. The molecule has 1 aliphatic heterocycles. The molecule has 3 amide bonds. The minimum Gasteiger partial charge on any atom is -0.308 e. The van der Waals surface area contributed by atoms with Gasteiger partial charge in [-0.3, -0.25) is 9.69 Å². The van der Waals surface area contributed by atoms with Crippen LogP contribution < -0.4 is 15.5 Å². The van der Waals surface area contributed by atoms with Crippen molar-refractivity contribution < 1.29 is 14.0 Å². The summed E-state index contributed by atoms with van der Waals surface area (Å²) in [6.45, 7) is 1.93. The number of thioether (sulfide) groups is 1. The van der Waals surface area contributed by atoms with Gasteiger partial charge in [0.05, 0.1) is 5.75 Å². The topological polar surface area (TPSA) is 61.4 Å². The van der Waals surface area contributed by atoms with E-state index < -0.39 is 0 Å². The zero-order chi connectivity index (χ0) is 21.1. The summed E-state index contributed by atoms with van der Waals surface area (Å²) in [6, 6.07) is 20.5. The van der Waals surface area contributed by atoms with Gasteiger partial charge in [-0.05, 0) is 60.5 Å². The quantitative estimate of drug-likeness (QED) is 0.580. The van der Waals surface area contributed by atoms with E-state index >= 15 is 0 Å². The molecule has 1 unspecified atom stereocenters. The molecule has 3 aromatic rings. The van der Waals surface area contributed by atoms with Gasteiger partial charge in [0.25, 0.3) is 0 Å². The number of amides is 3. The maximum Gasteiger partial charge on any atom is 0.323 e. The fourth-order valence-electron chi connectivity index (χ4n) is 3.32. The Morgan fingerprint density at radius 1 is 1.03 bits per heavy atom. The first-order chi connectivity index (χ1) is 14.5. The number of hydrogen-bond donors (Lipinski definition) is 2. The van der Waals surface area contributed by atoms with E-state index in [2.05, 4.69) is 10.6 Å². The fourth-order valence-corrected chi connectivity index (χ4v) is 4.49. The van der Waals surface area contributed by atoms with Gasteiger partial charge >= 0.3 is 6.03 Å². The molecule has 30 heavy (non-hydrogen) atoms. The minimum absolute atomic E-state index is 0.0349. The van der Waals surface area contributed by atoms with Crippen LogP contribution in [0.1, 0.15) is 16.5 Å². The Kier molecular flexibility index (Phi) is 5.72. The Morgan fingerprint density at radius 3 is 2.57 bits per heavy atom. The Bertz CT molecular complexity index is 1090. The van der Waals surface area contributed by atoms with E-state index in [4.69, 9.17) is 0 Å². The lowest BCUT2D eigenvalue weighted by Crippen LogP contribution is -2.27. The molecule has 0 saturated carbocycles. The molecule has 5 nitrogen and oxygen atoms in total. The van der Waals surface area contributed by atoms with Gasteiger partial charge in [0.15, 0.2) is 0 Å². The Balaban J connectivity index is 1.52. The highest BCUT2D eigenvalue weighted by Gasteiger charge is 2.34. The molecule has 7 heteroatoms. The van der Waals surface area contributed by atoms with Gasteiger partial charge < -0.3 is 10.6 Å². The molecule has 3 aromatic carbocycles. The number of hydrogen-bond acceptors (Lipinski definition) is 3. The van der Waals surface area contributed by atoms with Crippen LogP contribution in [0.25, 0.3) is 0 Å². The summed E-state index contributed by atoms with van der Waals surface area (Å²) in [5, 5.41) is 5.44. The maximum absolute atomic E-state index is 13.3. The fraction of sp³-hybridized carbons (Fsp3) is 0.130. The van der Waals surface area contributed by atoms with E-state index in [1.54, 1.807) is 23.1 Å². The van der Waals surface area contributed by atoms with Crippen molar-refractivity contribution in [2.45, 2.75) is 12.3 Å². The van der Waals surface area contributed by atoms with Crippen LogP contribution in [-0.2, 0) is 4.79 Å². The van der Waals surface area contributed by atoms with Gasteiger partial charge in [0.2, 0.25) is 5.91 Å². The number of benzene rings is 3. The highest BCUT2D eigenvalue weighted by Crippen LogP contribution is 2.42. The lowest BCUT2D eigenvalue weighted by atomic mass is 10.1. The van der Waals surface area contributed by atoms with Crippen LogP contribution in [0, 0.1) is 12.7 Å². The van der Waals surface area contributed by atoms with E-state index in [1.807, 2.05) is 49.4 Å². The first-order valence-electron chi connectivity index (χ1n) is 9.44. The molecule has 1 aliphatic rings. The van der Waals surface area contributed by atoms with Crippen LogP contribution in [0.4, 0.5) is 26.2 Å². The molecule has 0 aromatic heterocycles. The molecular formula is C23H20FN3O2S. The van der Waals surface area contributed by atoms with Crippen LogP contribution >= 0.6 is 11.8 Å². The third-order valence-electron chi connectivity index (χ3n) is 4.80. The lowest BCUT2D eigenvalue weighted by Gasteiger charge is -2.24. The molecule has 152 valence electrons. The minimum atomic E-state index is -0.347. The Labute approximate surface area is 178 Å². The SMILES string of the molecule is Cc1ccccc1NC(=O)Nc1cccc(C2SCC(=O)N2c2ccc(F)cc2)c1. The van der Waals surface area contributed by atoms with Gasteiger partial charge in [0, 0.05) is 17.1 Å². The summed E-state index contributed by atoms with van der Waals surface area (Å²) in [6.07, 6.45) is 0. The summed E-state index contributed by atoms with van der Waals surface area (Å²) in [5.74, 6) is -0.0410. The number of halogens is 1. The number of carbonyl (C=O) groups is 2. The molecule has 0 spiro atoms. The van der Waals surface area contributed by atoms with Crippen molar-refractivity contribution in [2.75, 3.05) is 21.3 Å². The summed E-state index contributed by atoms with van der Waals surface area (Å²) < 4.78 is 13.3. The van der Waals surface area contributed by atoms with Crippen molar-refractivity contribution >= 4 is 40.8 Å². The normalized spacial score (nSPS) is 15.9. The van der Waals surface area contributed by atoms with Gasteiger partial charge in [-0.25, -0.2) is 9.18 Å². The smallest absolute Gasteiger partial charge is 0.308 e. The summed E-state index contributed by atoms with van der Waals surface area (Å²) >= 11 is 1.50. The first-order valence-corrected chi connectivity index (χ1v) is 10.5. The molecule has 1 atom stereocenters. The van der Waals surface area contributed by atoms with Gasteiger partial charge in [0.1, 0.15) is 11.2 Å². The second kappa shape index (κ2) is 8.59. The monoisotopic (exact) mass is 421 g/mol.